The van der Waals surface area contributed by atoms with Crippen LogP contribution in [0.5, 0.6) is 0 Å². The van der Waals surface area contributed by atoms with Crippen LogP contribution in [0.1, 0.15) is 52.8 Å². The monoisotopic (exact) mass is 529 g/mol. The van der Waals surface area contributed by atoms with E-state index in [-0.39, 0.29) is 23.6 Å². The zero-order valence-corrected chi connectivity index (χ0v) is 21.8. The first-order valence-corrected chi connectivity index (χ1v) is 12.5. The Kier molecular flexibility index (Phi) is 8.31. The van der Waals surface area contributed by atoms with Crippen molar-refractivity contribution in [3.8, 4) is 0 Å². The van der Waals surface area contributed by atoms with Gasteiger partial charge in [-0.05, 0) is 73.8 Å². The van der Waals surface area contributed by atoms with Crippen molar-refractivity contribution in [2.75, 3.05) is 11.1 Å². The van der Waals surface area contributed by atoms with Crippen LogP contribution in [0.3, 0.4) is 0 Å². The lowest BCUT2D eigenvalue weighted by Gasteiger charge is -2.16. The minimum atomic E-state index is -0.349. The van der Waals surface area contributed by atoms with Crippen molar-refractivity contribution in [2.24, 2.45) is 0 Å². The molecule has 2 N–H and O–H groups in total. The number of aryl methyl sites for hydroxylation is 3. The molecule has 0 saturated carbocycles. The summed E-state index contributed by atoms with van der Waals surface area (Å²) in [6, 6.07) is 11.0. The number of aromatic nitrogens is 3. The summed E-state index contributed by atoms with van der Waals surface area (Å²) in [6.45, 7) is 10.5. The third kappa shape index (κ3) is 6.03. The average molecular weight is 530 g/mol. The predicted molar refractivity (Wildman–Crippen MR) is 136 cm³/mol. The summed E-state index contributed by atoms with van der Waals surface area (Å²) in [6.07, 6.45) is 0. The van der Waals surface area contributed by atoms with Crippen molar-refractivity contribution < 1.29 is 9.59 Å². The minimum absolute atomic E-state index is 0.0995. The van der Waals surface area contributed by atoms with Crippen LogP contribution in [0.25, 0.3) is 0 Å². The molecule has 33 heavy (non-hydrogen) atoms. The number of hydrogen-bond donors (Lipinski definition) is 2. The molecule has 3 aromatic rings. The van der Waals surface area contributed by atoms with Crippen LogP contribution in [0.2, 0.25) is 0 Å². The molecule has 0 fully saturated rings. The first-order valence-electron chi connectivity index (χ1n) is 10.7. The topological polar surface area (TPSA) is 88.9 Å². The van der Waals surface area contributed by atoms with Crippen LogP contribution >= 0.6 is 27.7 Å². The second-order valence-electron chi connectivity index (χ2n) is 7.87. The van der Waals surface area contributed by atoms with E-state index in [1.165, 1.54) is 17.3 Å². The standard InChI is InChI=1S/C24H28BrN5O2S/c1-6-30-22(17(5)26-23(32)18-9-7-8-10-19(18)25)28-29-24(30)33-13-20(31)27-21-15(3)11-14(2)12-16(21)4/h7-12,17H,6,13H2,1-5H3,(H,26,32)(H,27,31)/t17-/m0/s1. The molecule has 1 atom stereocenters. The van der Waals surface area contributed by atoms with Crippen LogP contribution in [-0.2, 0) is 11.3 Å². The van der Waals surface area contributed by atoms with Gasteiger partial charge in [-0.2, -0.15) is 0 Å². The number of anilines is 1. The number of halogens is 1. The van der Waals surface area contributed by atoms with Crippen LogP contribution < -0.4 is 10.6 Å². The maximum absolute atomic E-state index is 12.7. The van der Waals surface area contributed by atoms with Gasteiger partial charge < -0.3 is 15.2 Å². The quantitative estimate of drug-likeness (QED) is 0.391. The Hall–Kier alpha value is -2.65. The summed E-state index contributed by atoms with van der Waals surface area (Å²) < 4.78 is 2.65. The van der Waals surface area contributed by atoms with Crippen LogP contribution in [0.15, 0.2) is 46.0 Å². The van der Waals surface area contributed by atoms with Gasteiger partial charge in [0.05, 0.1) is 17.4 Å². The number of hydrogen-bond acceptors (Lipinski definition) is 5. The molecule has 3 rings (SSSR count). The molecule has 0 aliphatic heterocycles. The minimum Gasteiger partial charge on any atom is -0.342 e. The summed E-state index contributed by atoms with van der Waals surface area (Å²) in [5.74, 6) is 0.560. The number of carbonyl (C=O) groups is 2. The summed E-state index contributed by atoms with van der Waals surface area (Å²) in [4.78, 5) is 25.3. The van der Waals surface area contributed by atoms with Gasteiger partial charge in [0.2, 0.25) is 5.91 Å². The summed E-state index contributed by atoms with van der Waals surface area (Å²) in [5, 5.41) is 15.2. The zero-order chi connectivity index (χ0) is 24.1. The van der Waals surface area contributed by atoms with Gasteiger partial charge in [0.15, 0.2) is 11.0 Å². The number of carbonyl (C=O) groups excluding carboxylic acids is 2. The van der Waals surface area contributed by atoms with Gasteiger partial charge in [0, 0.05) is 16.7 Å². The molecular formula is C24H28BrN5O2S. The lowest BCUT2D eigenvalue weighted by atomic mass is 10.1. The van der Waals surface area contributed by atoms with Crippen LogP contribution in [0, 0.1) is 20.8 Å². The second kappa shape index (κ2) is 11.0. The largest absolute Gasteiger partial charge is 0.342 e. The molecule has 1 aromatic heterocycles. The van der Waals surface area contributed by atoms with E-state index in [0.717, 1.165) is 21.3 Å². The van der Waals surface area contributed by atoms with E-state index in [4.69, 9.17) is 0 Å². The molecule has 9 heteroatoms. The lowest BCUT2D eigenvalue weighted by Crippen LogP contribution is -2.29. The summed E-state index contributed by atoms with van der Waals surface area (Å²) in [5.41, 5.74) is 4.66. The highest BCUT2D eigenvalue weighted by Gasteiger charge is 2.21. The molecule has 0 aliphatic carbocycles. The number of rotatable bonds is 8. The van der Waals surface area contributed by atoms with Crippen molar-refractivity contribution in [2.45, 2.75) is 52.4 Å². The van der Waals surface area contributed by atoms with E-state index < -0.39 is 0 Å². The molecule has 0 radical (unpaired) electrons. The highest BCUT2D eigenvalue weighted by atomic mass is 79.9. The van der Waals surface area contributed by atoms with Gasteiger partial charge in [0.25, 0.3) is 5.91 Å². The van der Waals surface area contributed by atoms with Gasteiger partial charge in [-0.25, -0.2) is 0 Å². The maximum Gasteiger partial charge on any atom is 0.253 e. The highest BCUT2D eigenvalue weighted by Crippen LogP contribution is 2.24. The fourth-order valence-corrected chi connectivity index (χ4v) is 4.97. The predicted octanol–water partition coefficient (Wildman–Crippen LogP) is 5.21. The molecule has 2 aromatic carbocycles. The van der Waals surface area contributed by atoms with Crippen molar-refractivity contribution in [1.82, 2.24) is 20.1 Å². The SMILES string of the molecule is CCn1c(SCC(=O)Nc2c(C)cc(C)cc2C)nnc1[C@H](C)NC(=O)c1ccccc1Br. The molecule has 174 valence electrons. The van der Waals surface area contributed by atoms with Crippen LogP contribution in [0.4, 0.5) is 5.69 Å². The third-order valence-corrected chi connectivity index (χ3v) is 6.85. The normalized spacial score (nSPS) is 11.8. The van der Waals surface area contributed by atoms with Crippen molar-refractivity contribution in [3.05, 3.63) is 68.9 Å². The van der Waals surface area contributed by atoms with E-state index in [9.17, 15) is 9.59 Å². The molecule has 0 bridgehead atoms. The summed E-state index contributed by atoms with van der Waals surface area (Å²) >= 11 is 4.74. The third-order valence-electron chi connectivity index (χ3n) is 5.19. The Morgan fingerprint density at radius 2 is 1.79 bits per heavy atom. The van der Waals surface area contributed by atoms with Gasteiger partial charge in [-0.1, -0.05) is 41.6 Å². The Morgan fingerprint density at radius 3 is 2.42 bits per heavy atom. The molecule has 0 unspecified atom stereocenters. The van der Waals surface area contributed by atoms with E-state index in [1.54, 1.807) is 6.07 Å². The fraction of sp³-hybridized carbons (Fsp3) is 0.333. The molecule has 1 heterocycles. The van der Waals surface area contributed by atoms with Crippen molar-refractivity contribution in [1.29, 1.82) is 0 Å². The van der Waals surface area contributed by atoms with Gasteiger partial charge in [-0.3, -0.25) is 9.59 Å². The van der Waals surface area contributed by atoms with E-state index in [0.29, 0.717) is 23.1 Å². The van der Waals surface area contributed by atoms with Gasteiger partial charge >= 0.3 is 0 Å². The fourth-order valence-electron chi connectivity index (χ4n) is 3.69. The molecule has 0 spiro atoms. The first-order chi connectivity index (χ1) is 15.7. The number of nitrogens with one attached hydrogen (secondary N) is 2. The average Bonchev–Trinajstić information content (AvgIpc) is 3.18. The van der Waals surface area contributed by atoms with E-state index in [1.807, 2.05) is 57.4 Å². The van der Waals surface area contributed by atoms with Crippen LogP contribution in [-0.4, -0.2) is 32.3 Å². The number of amides is 2. The van der Waals surface area contributed by atoms with Crippen molar-refractivity contribution in [3.63, 3.8) is 0 Å². The smallest absolute Gasteiger partial charge is 0.253 e. The Morgan fingerprint density at radius 1 is 1.12 bits per heavy atom. The Labute approximate surface area is 206 Å². The number of nitrogens with zero attached hydrogens (tertiary/aromatic N) is 3. The number of benzene rings is 2. The first kappa shape index (κ1) is 25.0. The van der Waals surface area contributed by atoms with E-state index >= 15 is 0 Å². The van der Waals surface area contributed by atoms with E-state index in [2.05, 4.69) is 48.9 Å². The zero-order valence-electron chi connectivity index (χ0n) is 19.4. The number of thioether (sulfide) groups is 1. The molecule has 2 amide bonds. The Balaban J connectivity index is 1.66. The molecule has 0 aliphatic rings. The van der Waals surface area contributed by atoms with Gasteiger partial charge in [-0.15, -0.1) is 10.2 Å². The Bertz CT molecular complexity index is 1150. The van der Waals surface area contributed by atoms with Crippen molar-refractivity contribution >= 4 is 45.2 Å². The lowest BCUT2D eigenvalue weighted by molar-refractivity contribution is -0.113. The molecular weight excluding hydrogens is 502 g/mol. The second-order valence-corrected chi connectivity index (χ2v) is 9.67. The molecule has 0 saturated heterocycles. The molecule has 7 nitrogen and oxygen atoms in total. The van der Waals surface area contributed by atoms with Gasteiger partial charge in [0.1, 0.15) is 0 Å². The highest BCUT2D eigenvalue weighted by molar-refractivity contribution is 9.10. The maximum atomic E-state index is 12.7. The summed E-state index contributed by atoms with van der Waals surface area (Å²) in [7, 11) is 0.